The maximum absolute atomic E-state index is 13.4. The molecular formula is C25H31ClF2N2O4. The predicted octanol–water partition coefficient (Wildman–Crippen LogP) is 4.27. The van der Waals surface area contributed by atoms with Crippen LogP contribution in [0.2, 0.25) is 0 Å². The first-order valence-corrected chi connectivity index (χ1v) is 11.4. The van der Waals surface area contributed by atoms with Crippen LogP contribution in [0.3, 0.4) is 0 Å². The molecule has 2 unspecified atom stereocenters. The summed E-state index contributed by atoms with van der Waals surface area (Å²) in [5, 5.41) is 10.3. The summed E-state index contributed by atoms with van der Waals surface area (Å²) in [6.45, 7) is 9.26. The molecule has 1 aliphatic rings. The quantitative estimate of drug-likeness (QED) is 0.269. The van der Waals surface area contributed by atoms with Crippen molar-refractivity contribution in [2.75, 3.05) is 7.11 Å². The predicted molar refractivity (Wildman–Crippen MR) is 129 cm³/mol. The van der Waals surface area contributed by atoms with Crippen molar-refractivity contribution in [3.63, 3.8) is 0 Å². The Morgan fingerprint density at radius 1 is 1.35 bits per heavy atom. The SMILES string of the molecule is C=c1/c(=C(Cl)\N=C/CCC)ccn1C1CCC(C(=O)c2ccc(F)c(F)c2)O1.COC(C)(C)O. The van der Waals surface area contributed by atoms with Gasteiger partial charge in [0.2, 0.25) is 0 Å². The fourth-order valence-corrected chi connectivity index (χ4v) is 3.37. The highest BCUT2D eigenvalue weighted by atomic mass is 35.5. The highest BCUT2D eigenvalue weighted by molar-refractivity contribution is 6.45. The molecule has 2 aromatic rings. The summed E-state index contributed by atoms with van der Waals surface area (Å²) in [5.74, 6) is -3.37. The number of carbonyl (C=O) groups excluding carboxylic acids is 1. The first kappa shape index (κ1) is 27.9. The monoisotopic (exact) mass is 496 g/mol. The summed E-state index contributed by atoms with van der Waals surface area (Å²) in [7, 11) is 1.46. The smallest absolute Gasteiger partial charge is 0.191 e. The van der Waals surface area contributed by atoms with Crippen LogP contribution in [0.1, 0.15) is 63.0 Å². The normalized spacial score (nSPS) is 19.2. The van der Waals surface area contributed by atoms with Gasteiger partial charge in [0.05, 0.1) is 0 Å². The summed E-state index contributed by atoms with van der Waals surface area (Å²) >= 11 is 6.26. The van der Waals surface area contributed by atoms with Crippen molar-refractivity contribution in [2.24, 2.45) is 4.99 Å². The number of aromatic nitrogens is 1. The third-order valence-electron chi connectivity index (χ3n) is 5.17. The van der Waals surface area contributed by atoms with E-state index in [1.165, 1.54) is 13.2 Å². The summed E-state index contributed by atoms with van der Waals surface area (Å²) in [6, 6.07) is 4.92. The minimum absolute atomic E-state index is 0.0919. The maximum atomic E-state index is 13.4. The zero-order chi connectivity index (χ0) is 25.5. The van der Waals surface area contributed by atoms with Gasteiger partial charge in [-0.3, -0.25) is 4.79 Å². The van der Waals surface area contributed by atoms with Crippen LogP contribution >= 0.6 is 11.6 Å². The van der Waals surface area contributed by atoms with Crippen LogP contribution < -0.4 is 10.6 Å². The molecule has 9 heteroatoms. The van der Waals surface area contributed by atoms with Gasteiger partial charge in [0.15, 0.2) is 23.2 Å². The second-order valence-corrected chi connectivity index (χ2v) is 8.63. The molecule has 0 radical (unpaired) electrons. The molecule has 1 saturated heterocycles. The zero-order valence-corrected chi connectivity index (χ0v) is 20.6. The van der Waals surface area contributed by atoms with E-state index in [0.717, 1.165) is 25.0 Å². The van der Waals surface area contributed by atoms with E-state index in [4.69, 9.17) is 21.4 Å². The zero-order valence-electron chi connectivity index (χ0n) is 19.9. The number of rotatable bonds is 7. The van der Waals surface area contributed by atoms with E-state index in [1.54, 1.807) is 26.3 Å². The van der Waals surface area contributed by atoms with Crippen molar-refractivity contribution in [3.8, 4) is 0 Å². The Kier molecular flexibility index (Phi) is 10.1. The number of Topliss-reactive ketones (excluding diaryl/α,β-unsaturated/α-hetero) is 1. The number of aliphatic hydroxyl groups is 1. The van der Waals surface area contributed by atoms with Crippen LogP contribution in [0.25, 0.3) is 11.7 Å². The third-order valence-corrected chi connectivity index (χ3v) is 5.47. The van der Waals surface area contributed by atoms with Crippen LogP contribution in [0, 0.1) is 11.6 Å². The first-order chi connectivity index (χ1) is 16.0. The summed E-state index contributed by atoms with van der Waals surface area (Å²) in [5.41, 5.74) is 0.0919. The van der Waals surface area contributed by atoms with E-state index < -0.39 is 23.5 Å². The van der Waals surface area contributed by atoms with E-state index in [1.807, 2.05) is 10.6 Å². The van der Waals surface area contributed by atoms with Crippen molar-refractivity contribution < 1.29 is 28.2 Å². The van der Waals surface area contributed by atoms with Gasteiger partial charge in [0.25, 0.3) is 0 Å². The summed E-state index contributed by atoms with van der Waals surface area (Å²) in [4.78, 5) is 16.8. The van der Waals surface area contributed by atoms with Crippen LogP contribution in [0.4, 0.5) is 8.78 Å². The van der Waals surface area contributed by atoms with Gasteiger partial charge < -0.3 is 19.1 Å². The number of halogens is 3. The second-order valence-electron chi connectivity index (χ2n) is 8.28. The molecule has 0 saturated carbocycles. The number of nitrogens with zero attached hydrogens (tertiary/aromatic N) is 2. The summed E-state index contributed by atoms with van der Waals surface area (Å²) < 4.78 is 38.7. The number of aliphatic imine (C=N–C) groups is 1. The van der Waals surface area contributed by atoms with Crippen LogP contribution in [0.15, 0.2) is 35.5 Å². The molecule has 1 fully saturated rings. The first-order valence-electron chi connectivity index (χ1n) is 11.0. The molecule has 186 valence electrons. The largest absolute Gasteiger partial charge is 0.366 e. The van der Waals surface area contributed by atoms with E-state index in [-0.39, 0.29) is 17.6 Å². The maximum Gasteiger partial charge on any atom is 0.191 e. The molecule has 34 heavy (non-hydrogen) atoms. The Morgan fingerprint density at radius 3 is 2.62 bits per heavy atom. The Balaban J connectivity index is 0.000000604. The molecule has 3 rings (SSSR count). The molecule has 1 aliphatic heterocycles. The van der Waals surface area contributed by atoms with Gasteiger partial charge in [-0.2, -0.15) is 0 Å². The molecule has 1 aromatic heterocycles. The molecule has 0 amide bonds. The molecule has 0 bridgehead atoms. The lowest BCUT2D eigenvalue weighted by molar-refractivity contribution is -0.155. The second kappa shape index (κ2) is 12.4. The lowest BCUT2D eigenvalue weighted by Crippen LogP contribution is -2.31. The number of unbranched alkanes of at least 4 members (excludes halogenated alkanes) is 1. The lowest BCUT2D eigenvalue weighted by Gasteiger charge is -2.15. The van der Waals surface area contributed by atoms with Crippen molar-refractivity contribution >= 4 is 35.3 Å². The van der Waals surface area contributed by atoms with Gasteiger partial charge in [-0.1, -0.05) is 31.5 Å². The highest BCUT2D eigenvalue weighted by Gasteiger charge is 2.32. The van der Waals surface area contributed by atoms with Crippen molar-refractivity contribution in [1.29, 1.82) is 0 Å². The Hall–Kier alpha value is -2.39. The van der Waals surface area contributed by atoms with E-state index in [0.29, 0.717) is 28.6 Å². The van der Waals surface area contributed by atoms with Crippen molar-refractivity contribution in [3.05, 3.63) is 58.2 Å². The minimum atomic E-state index is -1.05. The lowest BCUT2D eigenvalue weighted by atomic mass is 10.0. The fourth-order valence-electron chi connectivity index (χ4n) is 3.13. The Morgan fingerprint density at radius 2 is 2.03 bits per heavy atom. The van der Waals surface area contributed by atoms with E-state index >= 15 is 0 Å². The Bertz CT molecular complexity index is 1120. The summed E-state index contributed by atoms with van der Waals surface area (Å²) in [6.07, 6.45) is 5.34. The average Bonchev–Trinajstić information content (AvgIpc) is 3.42. The number of hydrogen-bond donors (Lipinski definition) is 1. The Labute approximate surface area is 203 Å². The van der Waals surface area contributed by atoms with Gasteiger partial charge in [0, 0.05) is 35.7 Å². The van der Waals surface area contributed by atoms with Gasteiger partial charge >= 0.3 is 0 Å². The number of methoxy groups -OCH3 is 1. The number of hydrogen-bond acceptors (Lipinski definition) is 5. The van der Waals surface area contributed by atoms with Gasteiger partial charge in [0.1, 0.15) is 17.5 Å². The molecule has 6 nitrogen and oxygen atoms in total. The highest BCUT2D eigenvalue weighted by Crippen LogP contribution is 2.29. The van der Waals surface area contributed by atoms with E-state index in [2.05, 4.69) is 23.2 Å². The molecule has 1 N–H and O–H groups in total. The van der Waals surface area contributed by atoms with Gasteiger partial charge in [-0.05, 0) is 57.4 Å². The van der Waals surface area contributed by atoms with Crippen molar-refractivity contribution in [1.82, 2.24) is 4.57 Å². The molecule has 2 atom stereocenters. The third kappa shape index (κ3) is 7.56. The number of benzene rings is 1. The minimum Gasteiger partial charge on any atom is -0.366 e. The van der Waals surface area contributed by atoms with Crippen LogP contribution in [-0.2, 0) is 9.47 Å². The van der Waals surface area contributed by atoms with Crippen molar-refractivity contribution in [2.45, 2.75) is 64.6 Å². The number of carbonyl (C=O) groups is 1. The molecule has 0 aliphatic carbocycles. The molecule has 0 spiro atoms. The molecule has 1 aromatic carbocycles. The van der Waals surface area contributed by atoms with Crippen LogP contribution in [-0.4, -0.2) is 40.7 Å². The topological polar surface area (TPSA) is 73.1 Å². The van der Waals surface area contributed by atoms with Gasteiger partial charge in [-0.25, -0.2) is 13.8 Å². The number of ketones is 1. The fraction of sp³-hybridized carbons (Fsp3) is 0.440. The number of ether oxygens (including phenoxy) is 2. The van der Waals surface area contributed by atoms with Crippen LogP contribution in [0.5, 0.6) is 0 Å². The molecule has 2 heterocycles. The van der Waals surface area contributed by atoms with E-state index in [9.17, 15) is 13.6 Å². The standard InChI is InChI=1S/C21H21ClF2N2O2.C4H10O2/c1-3-4-10-25-21(22)15-9-11-26(13(15)2)19-8-7-18(28-19)20(27)14-5-6-16(23)17(24)12-14;1-4(2,5)6-3/h5-6,9-12,18-19H,2-4,7-8H2,1H3;5H,1-3H3/b21-15-,25-10-;. The molecular weight excluding hydrogens is 466 g/mol. The average molecular weight is 497 g/mol. The van der Waals surface area contributed by atoms with Gasteiger partial charge in [-0.15, -0.1) is 0 Å².